The van der Waals surface area contributed by atoms with Crippen molar-refractivity contribution in [1.82, 2.24) is 4.98 Å². The third-order valence-corrected chi connectivity index (χ3v) is 4.07. The zero-order chi connectivity index (χ0) is 13.3. The predicted octanol–water partition coefficient (Wildman–Crippen LogP) is 3.68. The van der Waals surface area contributed by atoms with E-state index in [0.717, 1.165) is 17.1 Å². The molecule has 0 aliphatic rings. The van der Waals surface area contributed by atoms with Crippen LogP contribution in [0.3, 0.4) is 0 Å². The van der Waals surface area contributed by atoms with Gasteiger partial charge in [0, 0.05) is 17.8 Å². The third kappa shape index (κ3) is 2.79. The van der Waals surface area contributed by atoms with Crippen molar-refractivity contribution in [2.75, 3.05) is 0 Å². The lowest BCUT2D eigenvalue weighted by Gasteiger charge is -2.09. The molecule has 2 rings (SSSR count). The molecule has 0 aliphatic heterocycles. The standard InChI is InChI=1S/C15H20N2S/c1-9-5-10(2)13(11(3)6-9)7-15-17-14(8-18-15)12(4)16/h5-6,8,12H,7,16H2,1-4H3. The number of benzene rings is 1. The molecule has 1 unspecified atom stereocenters. The Morgan fingerprint density at radius 1 is 1.22 bits per heavy atom. The minimum Gasteiger partial charge on any atom is -0.323 e. The van der Waals surface area contributed by atoms with Gasteiger partial charge in [0.05, 0.1) is 10.7 Å². The number of thiazole rings is 1. The van der Waals surface area contributed by atoms with Gasteiger partial charge in [0.2, 0.25) is 0 Å². The molecule has 0 fully saturated rings. The van der Waals surface area contributed by atoms with Crippen LogP contribution in [0.1, 0.15) is 45.9 Å². The van der Waals surface area contributed by atoms with Crippen LogP contribution in [0.4, 0.5) is 0 Å². The lowest BCUT2D eigenvalue weighted by Crippen LogP contribution is -2.05. The number of nitrogens with zero attached hydrogens (tertiary/aromatic N) is 1. The van der Waals surface area contributed by atoms with Crippen LogP contribution in [0, 0.1) is 20.8 Å². The highest BCUT2D eigenvalue weighted by atomic mass is 32.1. The molecule has 2 nitrogen and oxygen atoms in total. The molecular weight excluding hydrogens is 240 g/mol. The molecule has 0 aliphatic carbocycles. The highest BCUT2D eigenvalue weighted by Crippen LogP contribution is 2.23. The van der Waals surface area contributed by atoms with Gasteiger partial charge in [0.1, 0.15) is 0 Å². The minimum absolute atomic E-state index is 0.0233. The second-order valence-corrected chi connectivity index (χ2v) is 5.95. The lowest BCUT2D eigenvalue weighted by molar-refractivity contribution is 0.783. The Kier molecular flexibility index (Phi) is 3.83. The first kappa shape index (κ1) is 13.2. The van der Waals surface area contributed by atoms with Crippen LogP contribution >= 0.6 is 11.3 Å². The number of hydrogen-bond acceptors (Lipinski definition) is 3. The van der Waals surface area contributed by atoms with Gasteiger partial charge in [-0.05, 0) is 44.4 Å². The molecule has 0 saturated heterocycles. The lowest BCUT2D eigenvalue weighted by atomic mass is 9.98. The van der Waals surface area contributed by atoms with Crippen molar-refractivity contribution in [2.45, 2.75) is 40.2 Å². The first-order valence-corrected chi connectivity index (χ1v) is 7.12. The molecule has 1 heterocycles. The molecule has 0 spiro atoms. The van der Waals surface area contributed by atoms with Crippen LogP contribution in [0.5, 0.6) is 0 Å². The second-order valence-electron chi connectivity index (χ2n) is 5.01. The summed E-state index contributed by atoms with van der Waals surface area (Å²) in [6.07, 6.45) is 0.912. The van der Waals surface area contributed by atoms with Crippen LogP contribution in [-0.4, -0.2) is 4.98 Å². The maximum Gasteiger partial charge on any atom is 0.0973 e. The third-order valence-electron chi connectivity index (χ3n) is 3.20. The Morgan fingerprint density at radius 3 is 2.33 bits per heavy atom. The van der Waals surface area contributed by atoms with E-state index in [1.165, 1.54) is 22.3 Å². The first-order valence-electron chi connectivity index (χ1n) is 6.24. The van der Waals surface area contributed by atoms with Crippen LogP contribution in [0.25, 0.3) is 0 Å². The SMILES string of the molecule is Cc1cc(C)c(Cc2nc(C(C)N)cs2)c(C)c1. The number of nitrogens with two attached hydrogens (primary N) is 1. The summed E-state index contributed by atoms with van der Waals surface area (Å²) in [5.74, 6) is 0. The first-order chi connectivity index (χ1) is 8.47. The molecule has 1 atom stereocenters. The van der Waals surface area contributed by atoms with Gasteiger partial charge in [-0.15, -0.1) is 11.3 Å². The molecule has 1 aromatic carbocycles. The minimum atomic E-state index is 0.0233. The largest absolute Gasteiger partial charge is 0.323 e. The summed E-state index contributed by atoms with van der Waals surface area (Å²) in [5, 5.41) is 3.22. The smallest absolute Gasteiger partial charge is 0.0973 e. The number of hydrogen-bond donors (Lipinski definition) is 1. The molecular formula is C15H20N2S. The van der Waals surface area contributed by atoms with Crippen molar-refractivity contribution in [3.05, 3.63) is 50.5 Å². The van der Waals surface area contributed by atoms with Crippen LogP contribution in [-0.2, 0) is 6.42 Å². The summed E-state index contributed by atoms with van der Waals surface area (Å²) >= 11 is 1.70. The van der Waals surface area contributed by atoms with Crippen molar-refractivity contribution in [3.63, 3.8) is 0 Å². The molecule has 1 aromatic heterocycles. The van der Waals surface area contributed by atoms with Crippen molar-refractivity contribution in [1.29, 1.82) is 0 Å². The molecule has 0 radical (unpaired) electrons. The Labute approximate surface area is 113 Å². The number of aryl methyl sites for hydroxylation is 3. The highest BCUT2D eigenvalue weighted by molar-refractivity contribution is 7.09. The van der Waals surface area contributed by atoms with E-state index in [0.29, 0.717) is 0 Å². The van der Waals surface area contributed by atoms with Gasteiger partial charge in [-0.2, -0.15) is 0 Å². The second kappa shape index (κ2) is 5.21. The fourth-order valence-corrected chi connectivity index (χ4v) is 3.17. The molecule has 2 N–H and O–H groups in total. The monoisotopic (exact) mass is 260 g/mol. The summed E-state index contributed by atoms with van der Waals surface area (Å²) in [4.78, 5) is 4.60. The number of aromatic nitrogens is 1. The van der Waals surface area contributed by atoms with Gasteiger partial charge < -0.3 is 5.73 Å². The van der Waals surface area contributed by atoms with Crippen molar-refractivity contribution >= 4 is 11.3 Å². The molecule has 0 saturated carbocycles. The van der Waals surface area contributed by atoms with E-state index in [1.807, 2.05) is 6.92 Å². The van der Waals surface area contributed by atoms with Gasteiger partial charge >= 0.3 is 0 Å². The molecule has 18 heavy (non-hydrogen) atoms. The molecule has 0 amide bonds. The van der Waals surface area contributed by atoms with E-state index >= 15 is 0 Å². The van der Waals surface area contributed by atoms with Crippen LogP contribution < -0.4 is 5.73 Å². The van der Waals surface area contributed by atoms with E-state index in [-0.39, 0.29) is 6.04 Å². The summed E-state index contributed by atoms with van der Waals surface area (Å²) in [6.45, 7) is 8.47. The average molecular weight is 260 g/mol. The van der Waals surface area contributed by atoms with Gasteiger partial charge in [0.15, 0.2) is 0 Å². The van der Waals surface area contributed by atoms with E-state index < -0.39 is 0 Å². The average Bonchev–Trinajstić information content (AvgIpc) is 2.71. The van der Waals surface area contributed by atoms with Crippen LogP contribution in [0.15, 0.2) is 17.5 Å². The van der Waals surface area contributed by atoms with E-state index in [2.05, 4.69) is 43.3 Å². The fraction of sp³-hybridized carbons (Fsp3) is 0.400. The molecule has 0 bridgehead atoms. The molecule has 96 valence electrons. The highest BCUT2D eigenvalue weighted by Gasteiger charge is 2.10. The Balaban J connectivity index is 2.28. The zero-order valence-electron chi connectivity index (χ0n) is 11.4. The Bertz CT molecular complexity index is 532. The quantitative estimate of drug-likeness (QED) is 0.914. The summed E-state index contributed by atoms with van der Waals surface area (Å²) in [5.41, 5.74) is 12.3. The van der Waals surface area contributed by atoms with Crippen molar-refractivity contribution in [3.8, 4) is 0 Å². The topological polar surface area (TPSA) is 38.9 Å². The zero-order valence-corrected chi connectivity index (χ0v) is 12.3. The normalized spacial score (nSPS) is 12.7. The van der Waals surface area contributed by atoms with Crippen molar-refractivity contribution < 1.29 is 0 Å². The summed E-state index contributed by atoms with van der Waals surface area (Å²) in [6, 6.07) is 4.50. The Morgan fingerprint density at radius 2 is 1.83 bits per heavy atom. The van der Waals surface area contributed by atoms with Gasteiger partial charge in [0.25, 0.3) is 0 Å². The summed E-state index contributed by atoms with van der Waals surface area (Å²) in [7, 11) is 0. The van der Waals surface area contributed by atoms with Crippen molar-refractivity contribution in [2.24, 2.45) is 5.73 Å². The van der Waals surface area contributed by atoms with Crippen LogP contribution in [0.2, 0.25) is 0 Å². The maximum atomic E-state index is 5.84. The fourth-order valence-electron chi connectivity index (χ4n) is 2.26. The molecule has 3 heteroatoms. The van der Waals surface area contributed by atoms with E-state index in [9.17, 15) is 0 Å². The number of rotatable bonds is 3. The summed E-state index contributed by atoms with van der Waals surface area (Å²) < 4.78 is 0. The van der Waals surface area contributed by atoms with E-state index in [4.69, 9.17) is 5.73 Å². The van der Waals surface area contributed by atoms with Gasteiger partial charge in [-0.1, -0.05) is 17.7 Å². The van der Waals surface area contributed by atoms with Gasteiger partial charge in [-0.25, -0.2) is 4.98 Å². The van der Waals surface area contributed by atoms with Gasteiger partial charge in [-0.3, -0.25) is 0 Å². The maximum absolute atomic E-state index is 5.84. The molecule has 2 aromatic rings. The van der Waals surface area contributed by atoms with E-state index in [1.54, 1.807) is 11.3 Å². The Hall–Kier alpha value is -1.19. The predicted molar refractivity (Wildman–Crippen MR) is 78.2 cm³/mol.